The van der Waals surface area contributed by atoms with Crippen LogP contribution in [0.3, 0.4) is 0 Å². The summed E-state index contributed by atoms with van der Waals surface area (Å²) in [7, 11) is 1.84. The average Bonchev–Trinajstić information content (AvgIpc) is 2.52. The Morgan fingerprint density at radius 1 is 1.38 bits per heavy atom. The molecule has 1 aliphatic heterocycles. The van der Waals surface area contributed by atoms with Gasteiger partial charge in [0.1, 0.15) is 5.78 Å². The van der Waals surface area contributed by atoms with E-state index in [2.05, 4.69) is 13.2 Å². The van der Waals surface area contributed by atoms with Crippen LogP contribution in [0.2, 0.25) is 0 Å². The summed E-state index contributed by atoms with van der Waals surface area (Å²) in [5.41, 5.74) is 0.841. The van der Waals surface area contributed by atoms with E-state index in [0.717, 1.165) is 5.57 Å². The first-order chi connectivity index (χ1) is 10.1. The highest BCUT2D eigenvalue weighted by molar-refractivity contribution is 5.83. The van der Waals surface area contributed by atoms with Crippen molar-refractivity contribution in [2.24, 2.45) is 0 Å². The highest BCUT2D eigenvalue weighted by atomic mass is 19.1. The third kappa shape index (κ3) is 5.77. The fourth-order valence-corrected chi connectivity index (χ4v) is 2.06. The lowest BCUT2D eigenvalue weighted by molar-refractivity contribution is -0.122. The SMILES string of the molecule is C=C/C=C\C(=C/C=C)C1CC(=O)CCN1C(=O)OC.CF. The van der Waals surface area contributed by atoms with Gasteiger partial charge in [0.2, 0.25) is 0 Å². The average molecular weight is 295 g/mol. The Balaban J connectivity index is 0.00000191. The molecule has 1 fully saturated rings. The number of hydrogen-bond acceptors (Lipinski definition) is 3. The summed E-state index contributed by atoms with van der Waals surface area (Å²) in [4.78, 5) is 25.0. The van der Waals surface area contributed by atoms with E-state index in [0.29, 0.717) is 26.6 Å². The molecule has 0 aromatic carbocycles. The molecule has 1 saturated heterocycles. The van der Waals surface area contributed by atoms with Crippen LogP contribution in [-0.2, 0) is 9.53 Å². The van der Waals surface area contributed by atoms with E-state index in [1.54, 1.807) is 29.2 Å². The molecule has 21 heavy (non-hydrogen) atoms. The number of Topliss-reactive ketones (excluding diaryl/α,β-unsaturated/α-hetero) is 1. The van der Waals surface area contributed by atoms with Gasteiger partial charge in [0.25, 0.3) is 0 Å². The maximum Gasteiger partial charge on any atom is 0.410 e. The van der Waals surface area contributed by atoms with Gasteiger partial charge in [-0.15, -0.1) is 0 Å². The lowest BCUT2D eigenvalue weighted by atomic mass is 9.94. The molecule has 5 heteroatoms. The summed E-state index contributed by atoms with van der Waals surface area (Å²) in [6.45, 7) is 7.65. The Labute approximate surface area is 125 Å². The van der Waals surface area contributed by atoms with Crippen molar-refractivity contribution in [3.63, 3.8) is 0 Å². The number of carbonyl (C=O) groups is 2. The van der Waals surface area contributed by atoms with Crippen LogP contribution in [0.1, 0.15) is 12.8 Å². The molecule has 0 spiro atoms. The molecule has 1 aliphatic rings. The number of rotatable bonds is 4. The number of carbonyl (C=O) groups excluding carboxylic acids is 2. The number of piperidine rings is 1. The molecule has 4 nitrogen and oxygen atoms in total. The topological polar surface area (TPSA) is 46.6 Å². The van der Waals surface area contributed by atoms with Gasteiger partial charge in [-0.1, -0.05) is 43.5 Å². The van der Waals surface area contributed by atoms with Gasteiger partial charge in [0, 0.05) is 19.4 Å². The van der Waals surface area contributed by atoms with Gasteiger partial charge in [-0.3, -0.25) is 9.18 Å². The first-order valence-electron chi connectivity index (χ1n) is 6.49. The van der Waals surface area contributed by atoms with E-state index >= 15 is 0 Å². The van der Waals surface area contributed by atoms with E-state index < -0.39 is 6.09 Å². The summed E-state index contributed by atoms with van der Waals surface area (Å²) in [6.07, 6.45) is 8.92. The fourth-order valence-electron chi connectivity index (χ4n) is 2.06. The second-order valence-corrected chi connectivity index (χ2v) is 4.17. The highest BCUT2D eigenvalue weighted by Gasteiger charge is 2.32. The molecule has 1 atom stereocenters. The summed E-state index contributed by atoms with van der Waals surface area (Å²) in [5, 5.41) is 0. The molecule has 0 N–H and O–H groups in total. The van der Waals surface area contributed by atoms with Crippen LogP contribution in [0, 0.1) is 0 Å². The lowest BCUT2D eigenvalue weighted by Crippen LogP contribution is -2.47. The van der Waals surface area contributed by atoms with Crippen LogP contribution in [0.5, 0.6) is 0 Å². The van der Waals surface area contributed by atoms with Crippen LogP contribution in [0.15, 0.2) is 49.1 Å². The number of hydrogen-bond donors (Lipinski definition) is 0. The van der Waals surface area contributed by atoms with Gasteiger partial charge >= 0.3 is 6.09 Å². The van der Waals surface area contributed by atoms with Crippen molar-refractivity contribution in [3.8, 4) is 0 Å². The van der Waals surface area contributed by atoms with Gasteiger partial charge in [-0.25, -0.2) is 4.79 Å². The maximum absolute atomic E-state index is 11.8. The number of halogens is 1. The summed E-state index contributed by atoms with van der Waals surface area (Å²) in [5.74, 6) is 0.145. The highest BCUT2D eigenvalue weighted by Crippen LogP contribution is 2.23. The quantitative estimate of drug-likeness (QED) is 0.748. The van der Waals surface area contributed by atoms with Gasteiger partial charge in [0.15, 0.2) is 0 Å². The number of nitrogens with zero attached hydrogens (tertiary/aromatic N) is 1. The Bertz CT molecular complexity index is 441. The molecule has 0 saturated carbocycles. The van der Waals surface area contributed by atoms with Crippen molar-refractivity contribution < 1.29 is 18.7 Å². The third-order valence-corrected chi connectivity index (χ3v) is 2.96. The minimum absolute atomic E-state index is 0.145. The molecule has 116 valence electrons. The van der Waals surface area contributed by atoms with Crippen LogP contribution >= 0.6 is 0 Å². The van der Waals surface area contributed by atoms with Crippen LogP contribution in [0.4, 0.5) is 9.18 Å². The zero-order valence-electron chi connectivity index (χ0n) is 12.5. The second-order valence-electron chi connectivity index (χ2n) is 4.17. The standard InChI is InChI=1S/C15H19NO3.CH3F/c1-4-6-8-12(7-5-2)14-11-13(17)9-10-16(14)15(18)19-3;1-2/h4-8,14H,1-2,9-11H2,3H3;1H3/b8-6-,12-7+;. The van der Waals surface area contributed by atoms with Crippen molar-refractivity contribution in [2.45, 2.75) is 18.9 Å². The van der Waals surface area contributed by atoms with Gasteiger partial charge < -0.3 is 9.64 Å². The number of methoxy groups -OCH3 is 1. The van der Waals surface area contributed by atoms with Gasteiger partial charge in [-0.05, 0) is 5.57 Å². The Morgan fingerprint density at radius 2 is 2.05 bits per heavy atom. The van der Waals surface area contributed by atoms with Crippen molar-refractivity contribution >= 4 is 11.9 Å². The van der Waals surface area contributed by atoms with Gasteiger partial charge in [0.05, 0.1) is 20.3 Å². The Morgan fingerprint density at radius 3 is 2.57 bits per heavy atom. The Kier molecular flexibility index (Phi) is 9.50. The lowest BCUT2D eigenvalue weighted by Gasteiger charge is -2.34. The van der Waals surface area contributed by atoms with Gasteiger partial charge in [-0.2, -0.15) is 0 Å². The molecule has 1 heterocycles. The number of alkyl halides is 1. The smallest absolute Gasteiger partial charge is 0.410 e. The predicted octanol–water partition coefficient (Wildman–Crippen LogP) is 3.23. The number of amides is 1. The molecule has 1 rings (SSSR count). The van der Waals surface area contributed by atoms with Crippen molar-refractivity contribution in [1.29, 1.82) is 0 Å². The van der Waals surface area contributed by atoms with E-state index in [4.69, 9.17) is 4.74 Å². The second kappa shape index (κ2) is 10.6. The minimum Gasteiger partial charge on any atom is -0.453 e. The van der Waals surface area contributed by atoms with Crippen LogP contribution in [0.25, 0.3) is 0 Å². The first kappa shape index (κ1) is 18.8. The van der Waals surface area contributed by atoms with E-state index in [1.807, 2.05) is 6.08 Å². The Hall–Kier alpha value is -2.17. The first-order valence-corrected chi connectivity index (χ1v) is 6.49. The molecule has 1 unspecified atom stereocenters. The number of ether oxygens (including phenoxy) is 1. The van der Waals surface area contributed by atoms with E-state index in [9.17, 15) is 14.0 Å². The summed E-state index contributed by atoms with van der Waals surface area (Å²) >= 11 is 0. The molecule has 1 amide bonds. The number of likely N-dealkylation sites (tertiary alicyclic amines) is 1. The predicted molar refractivity (Wildman–Crippen MR) is 81.8 cm³/mol. The third-order valence-electron chi connectivity index (χ3n) is 2.96. The van der Waals surface area contributed by atoms with Crippen molar-refractivity contribution in [2.75, 3.05) is 20.8 Å². The summed E-state index contributed by atoms with van der Waals surface area (Å²) in [6, 6.07) is -0.303. The monoisotopic (exact) mass is 295 g/mol. The zero-order valence-corrected chi connectivity index (χ0v) is 12.5. The molecule has 0 aliphatic carbocycles. The number of ketones is 1. The fraction of sp³-hybridized carbons (Fsp3) is 0.375. The van der Waals surface area contributed by atoms with E-state index in [1.165, 1.54) is 7.11 Å². The van der Waals surface area contributed by atoms with Crippen molar-refractivity contribution in [1.82, 2.24) is 4.90 Å². The number of allylic oxidation sites excluding steroid dienone is 4. The normalized spacial score (nSPS) is 18.8. The molecular formula is C16H22FNO3. The molecule has 0 radical (unpaired) electrons. The van der Waals surface area contributed by atoms with Crippen LogP contribution in [-0.4, -0.2) is 43.7 Å². The maximum atomic E-state index is 11.8. The molecule has 0 aromatic heterocycles. The largest absolute Gasteiger partial charge is 0.453 e. The minimum atomic E-state index is -0.417. The van der Waals surface area contributed by atoms with E-state index in [-0.39, 0.29) is 11.8 Å². The summed E-state index contributed by atoms with van der Waals surface area (Å²) < 4.78 is 14.3. The zero-order chi connectivity index (χ0) is 16.3. The van der Waals surface area contributed by atoms with Crippen molar-refractivity contribution in [3.05, 3.63) is 49.1 Å². The molecule has 0 bridgehead atoms. The molecule has 0 aromatic rings. The molecular weight excluding hydrogens is 273 g/mol. The van der Waals surface area contributed by atoms with Crippen LogP contribution < -0.4 is 0 Å².